The Kier molecular flexibility index (Phi) is 2.84. The van der Waals surface area contributed by atoms with Gasteiger partial charge in [0.05, 0.1) is 25.7 Å². The van der Waals surface area contributed by atoms with Crippen molar-refractivity contribution in [3.05, 3.63) is 47.9 Å². The molecular weight excluding hydrogens is 274 g/mol. The number of ketones is 1. The van der Waals surface area contributed by atoms with E-state index in [1.54, 1.807) is 0 Å². The number of para-hydroxylation sites is 1. The van der Waals surface area contributed by atoms with E-state index in [9.17, 15) is 4.79 Å². The van der Waals surface area contributed by atoms with Crippen molar-refractivity contribution in [3.63, 3.8) is 0 Å². The fourth-order valence-electron chi connectivity index (χ4n) is 3.84. The lowest BCUT2D eigenvalue weighted by atomic mass is 9.84. The van der Waals surface area contributed by atoms with Crippen LogP contribution < -0.4 is 0 Å². The highest BCUT2D eigenvalue weighted by Gasteiger charge is 2.36. The highest BCUT2D eigenvalue weighted by molar-refractivity contribution is 6.11. The van der Waals surface area contributed by atoms with Crippen molar-refractivity contribution < 1.29 is 9.28 Å². The molecule has 112 valence electrons. The number of nitrogens with zero attached hydrogens (tertiary/aromatic N) is 3. The third-order valence-electron chi connectivity index (χ3n) is 5.01. The Balaban J connectivity index is 1.75. The second-order valence-electron chi connectivity index (χ2n) is 6.59. The molecule has 1 aromatic carbocycles. The summed E-state index contributed by atoms with van der Waals surface area (Å²) in [5.41, 5.74) is 3.29. The molecule has 2 aliphatic rings. The number of carbonyl (C=O) groups is 1. The molecule has 2 atom stereocenters. The van der Waals surface area contributed by atoms with Gasteiger partial charge in [-0.3, -0.25) is 9.28 Å². The third-order valence-corrected chi connectivity index (χ3v) is 5.01. The highest BCUT2D eigenvalue weighted by Crippen LogP contribution is 2.34. The van der Waals surface area contributed by atoms with Crippen LogP contribution >= 0.6 is 0 Å². The standard InChI is InChI=1S/C18H20N3O/c1-20-15-6-4-3-5-14(15)17-16(20)8-7-13(18(17)22)11-21(2)10-9-19-12-21/h3-6,9-10,12-13H,7-8,11H2,1-2H3/q+1. The molecule has 1 aliphatic heterocycles. The first kappa shape index (κ1) is 13.5. The summed E-state index contributed by atoms with van der Waals surface area (Å²) in [7, 11) is 4.16. The number of rotatable bonds is 2. The summed E-state index contributed by atoms with van der Waals surface area (Å²) in [6.07, 6.45) is 7.66. The van der Waals surface area contributed by atoms with Crippen molar-refractivity contribution in [3.8, 4) is 0 Å². The van der Waals surface area contributed by atoms with E-state index in [2.05, 4.69) is 35.8 Å². The van der Waals surface area contributed by atoms with Crippen LogP contribution in [0.4, 0.5) is 0 Å². The van der Waals surface area contributed by atoms with Crippen molar-refractivity contribution in [1.82, 2.24) is 4.57 Å². The number of aliphatic imine (C=N–C) groups is 1. The summed E-state index contributed by atoms with van der Waals surface area (Å²) < 4.78 is 2.81. The first-order valence-electron chi connectivity index (χ1n) is 7.76. The molecule has 0 radical (unpaired) electrons. The Labute approximate surface area is 130 Å². The average molecular weight is 294 g/mol. The summed E-state index contributed by atoms with van der Waals surface area (Å²) in [6, 6.07) is 8.22. The topological polar surface area (TPSA) is 34.4 Å². The van der Waals surface area contributed by atoms with Gasteiger partial charge in [0.15, 0.2) is 12.1 Å². The van der Waals surface area contributed by atoms with E-state index in [-0.39, 0.29) is 5.92 Å². The maximum atomic E-state index is 13.1. The number of benzene rings is 1. The molecule has 4 rings (SSSR count). The van der Waals surface area contributed by atoms with Gasteiger partial charge < -0.3 is 4.57 Å². The molecular formula is C18H20N3O+. The van der Waals surface area contributed by atoms with Crippen LogP contribution in [0.2, 0.25) is 0 Å². The molecule has 2 heterocycles. The zero-order valence-electron chi connectivity index (χ0n) is 13.0. The number of hydrogen-bond donors (Lipinski definition) is 0. The molecule has 1 aliphatic carbocycles. The smallest absolute Gasteiger partial charge is 0.194 e. The maximum absolute atomic E-state index is 13.1. The molecule has 1 aromatic heterocycles. The molecule has 22 heavy (non-hydrogen) atoms. The lowest BCUT2D eigenvalue weighted by molar-refractivity contribution is -0.759. The summed E-state index contributed by atoms with van der Waals surface area (Å²) in [5.74, 6) is 0.364. The van der Waals surface area contributed by atoms with E-state index in [1.807, 2.05) is 30.9 Å². The third kappa shape index (κ3) is 1.87. The predicted molar refractivity (Wildman–Crippen MR) is 87.7 cm³/mol. The molecule has 0 saturated heterocycles. The number of hydrogen-bond acceptors (Lipinski definition) is 2. The van der Waals surface area contributed by atoms with Crippen molar-refractivity contribution in [2.75, 3.05) is 13.6 Å². The van der Waals surface area contributed by atoms with Crippen LogP contribution in [-0.2, 0) is 13.5 Å². The van der Waals surface area contributed by atoms with Crippen molar-refractivity contribution in [2.24, 2.45) is 18.0 Å². The highest BCUT2D eigenvalue weighted by atomic mass is 16.1. The summed E-state index contributed by atoms with van der Waals surface area (Å²) in [6.45, 7) is 0.793. The molecule has 0 fully saturated rings. The van der Waals surface area contributed by atoms with E-state index < -0.39 is 0 Å². The summed E-state index contributed by atoms with van der Waals surface area (Å²) in [5, 5.41) is 1.10. The van der Waals surface area contributed by atoms with Gasteiger partial charge in [0.25, 0.3) is 0 Å². The van der Waals surface area contributed by atoms with E-state index in [0.29, 0.717) is 10.3 Å². The molecule has 0 N–H and O–H groups in total. The van der Waals surface area contributed by atoms with E-state index >= 15 is 0 Å². The normalized spacial score (nSPS) is 26.8. The van der Waals surface area contributed by atoms with Gasteiger partial charge in [-0.1, -0.05) is 18.2 Å². The largest absolute Gasteiger partial charge is 0.347 e. The van der Waals surface area contributed by atoms with Crippen LogP contribution in [0.3, 0.4) is 0 Å². The number of aromatic nitrogens is 1. The monoisotopic (exact) mass is 294 g/mol. The minimum Gasteiger partial charge on any atom is -0.347 e. The molecule has 4 heteroatoms. The summed E-state index contributed by atoms with van der Waals surface area (Å²) >= 11 is 0. The number of aryl methyl sites for hydroxylation is 1. The molecule has 0 amide bonds. The number of quaternary nitrogens is 1. The van der Waals surface area contributed by atoms with Crippen LogP contribution in [0.15, 0.2) is 41.7 Å². The Morgan fingerprint density at radius 3 is 2.95 bits per heavy atom. The second-order valence-corrected chi connectivity index (χ2v) is 6.59. The van der Waals surface area contributed by atoms with Crippen LogP contribution in [0.5, 0.6) is 0 Å². The number of fused-ring (bicyclic) bond motifs is 3. The first-order valence-corrected chi connectivity index (χ1v) is 7.76. The molecule has 4 nitrogen and oxygen atoms in total. The van der Waals surface area contributed by atoms with Gasteiger partial charge in [-0.25, -0.2) is 4.99 Å². The Bertz CT molecular complexity index is 816. The van der Waals surface area contributed by atoms with Crippen LogP contribution in [0.1, 0.15) is 22.5 Å². The maximum Gasteiger partial charge on any atom is 0.194 e. The van der Waals surface area contributed by atoms with Gasteiger partial charge in [0.1, 0.15) is 6.20 Å². The zero-order valence-corrected chi connectivity index (χ0v) is 13.0. The van der Waals surface area contributed by atoms with Crippen molar-refractivity contribution in [2.45, 2.75) is 12.8 Å². The lowest BCUT2D eigenvalue weighted by Crippen LogP contribution is -2.43. The lowest BCUT2D eigenvalue weighted by Gasteiger charge is -2.29. The van der Waals surface area contributed by atoms with Crippen LogP contribution in [0, 0.1) is 5.92 Å². The van der Waals surface area contributed by atoms with Crippen LogP contribution in [-0.4, -0.2) is 34.8 Å². The van der Waals surface area contributed by atoms with Gasteiger partial charge in [-0.05, 0) is 18.9 Å². The number of Topliss-reactive ketones (excluding diaryl/α,β-unsaturated/α-hetero) is 1. The minimum absolute atomic E-state index is 0.0671. The SMILES string of the molecule is Cn1c2c(c3ccccc31)C(=O)C(C[N+]1(C)C=CN=C1)CC2. The fraction of sp³-hybridized carbons (Fsp3) is 0.333. The average Bonchev–Trinajstić information content (AvgIpc) is 3.06. The molecule has 2 aromatic rings. The molecule has 0 saturated carbocycles. The van der Waals surface area contributed by atoms with Gasteiger partial charge >= 0.3 is 0 Å². The molecule has 2 unspecified atom stereocenters. The van der Waals surface area contributed by atoms with Crippen LogP contribution in [0.25, 0.3) is 10.9 Å². The Hall–Kier alpha value is -2.20. The first-order chi connectivity index (χ1) is 10.6. The zero-order chi connectivity index (χ0) is 15.3. The van der Waals surface area contributed by atoms with Gasteiger partial charge in [0.2, 0.25) is 0 Å². The van der Waals surface area contributed by atoms with Crippen molar-refractivity contribution in [1.29, 1.82) is 0 Å². The predicted octanol–water partition coefficient (Wildman–Crippen LogP) is 2.88. The second kappa shape index (κ2) is 4.65. The Morgan fingerprint density at radius 2 is 2.18 bits per heavy atom. The van der Waals surface area contributed by atoms with Gasteiger partial charge in [-0.15, -0.1) is 0 Å². The van der Waals surface area contributed by atoms with E-state index in [0.717, 1.165) is 35.9 Å². The van der Waals surface area contributed by atoms with Gasteiger partial charge in [-0.2, -0.15) is 0 Å². The van der Waals surface area contributed by atoms with Gasteiger partial charge in [0, 0.05) is 29.2 Å². The molecule has 0 spiro atoms. The Morgan fingerprint density at radius 1 is 1.36 bits per heavy atom. The summed E-state index contributed by atoms with van der Waals surface area (Å²) in [4.78, 5) is 17.3. The molecule has 0 bridgehead atoms. The van der Waals surface area contributed by atoms with Crippen molar-refractivity contribution >= 4 is 23.0 Å². The quantitative estimate of drug-likeness (QED) is 0.784. The van der Waals surface area contributed by atoms with E-state index in [1.165, 1.54) is 5.69 Å². The number of carbonyl (C=O) groups excluding carboxylic acids is 1. The minimum atomic E-state index is 0.0671. The fourth-order valence-corrected chi connectivity index (χ4v) is 3.84. The van der Waals surface area contributed by atoms with E-state index in [4.69, 9.17) is 0 Å².